The molecule has 0 aliphatic carbocycles. The summed E-state index contributed by atoms with van der Waals surface area (Å²) in [5.74, 6) is 0.290. The fourth-order valence-electron chi connectivity index (χ4n) is 4.51. The number of hydrogen-bond acceptors (Lipinski definition) is 6. The molecule has 0 radical (unpaired) electrons. The molecule has 2 aliphatic heterocycles. The number of carbonyl (C=O) groups excluding carboxylic acids is 1. The molecule has 0 saturated carbocycles. The quantitative estimate of drug-likeness (QED) is 0.573. The van der Waals surface area contributed by atoms with E-state index in [1.54, 1.807) is 30.1 Å². The van der Waals surface area contributed by atoms with Gasteiger partial charge < -0.3 is 19.9 Å². The highest BCUT2D eigenvalue weighted by Crippen LogP contribution is 2.34. The van der Waals surface area contributed by atoms with Crippen molar-refractivity contribution in [3.63, 3.8) is 0 Å². The number of benzene rings is 2. The summed E-state index contributed by atoms with van der Waals surface area (Å²) in [5.41, 5.74) is 2.49. The van der Waals surface area contributed by atoms with Gasteiger partial charge in [-0.05, 0) is 67.7 Å². The molecule has 0 aromatic heterocycles. The van der Waals surface area contributed by atoms with Gasteiger partial charge in [0.2, 0.25) is 10.0 Å². The average molecular weight is 473 g/mol. The molecule has 1 amide bonds. The van der Waals surface area contributed by atoms with E-state index in [4.69, 9.17) is 9.88 Å². The summed E-state index contributed by atoms with van der Waals surface area (Å²) in [6.45, 7) is 4.09. The summed E-state index contributed by atoms with van der Waals surface area (Å²) in [6.07, 6.45) is 4.55. The maximum absolute atomic E-state index is 13.0. The fourth-order valence-corrected chi connectivity index (χ4v) is 5.15. The van der Waals surface area contributed by atoms with Crippen molar-refractivity contribution in [2.24, 2.45) is 5.14 Å². The van der Waals surface area contributed by atoms with Crippen LogP contribution in [-0.4, -0.2) is 57.4 Å². The van der Waals surface area contributed by atoms with Crippen molar-refractivity contribution >= 4 is 21.6 Å². The third-order valence-corrected chi connectivity index (χ3v) is 6.93. The first-order chi connectivity index (χ1) is 15.8. The number of piperidine rings is 1. The summed E-state index contributed by atoms with van der Waals surface area (Å²) in [4.78, 5) is 17.1. The van der Waals surface area contributed by atoms with Gasteiger partial charge in [-0.15, -0.1) is 0 Å². The Balaban J connectivity index is 1.41. The van der Waals surface area contributed by atoms with Gasteiger partial charge in [-0.3, -0.25) is 4.79 Å². The summed E-state index contributed by atoms with van der Waals surface area (Å²) >= 11 is 0. The molecule has 3 N–H and O–H groups in total. The minimum Gasteiger partial charge on any atom is -0.494 e. The molecule has 4 rings (SSSR count). The number of likely N-dealkylation sites (tertiary alicyclic amines) is 1. The number of nitrogens with zero attached hydrogens (tertiary/aromatic N) is 2. The highest BCUT2D eigenvalue weighted by Gasteiger charge is 2.31. The van der Waals surface area contributed by atoms with Gasteiger partial charge in [-0.1, -0.05) is 24.6 Å². The molecule has 2 heterocycles. The van der Waals surface area contributed by atoms with Crippen molar-refractivity contribution in [3.05, 3.63) is 59.2 Å². The number of hydrogen-bond donors (Lipinski definition) is 2. The van der Waals surface area contributed by atoms with Gasteiger partial charge in [0.25, 0.3) is 5.91 Å². The number of amides is 1. The van der Waals surface area contributed by atoms with Crippen molar-refractivity contribution in [1.82, 2.24) is 9.80 Å². The fraction of sp³-hybridized carbons (Fsp3) is 0.458. The Morgan fingerprint density at radius 3 is 2.67 bits per heavy atom. The number of anilines is 1. The molecule has 1 atom stereocenters. The van der Waals surface area contributed by atoms with Gasteiger partial charge in [0, 0.05) is 19.3 Å². The van der Waals surface area contributed by atoms with Crippen LogP contribution in [0, 0.1) is 0 Å². The number of ether oxygens (including phenoxy) is 1. The first-order valence-electron chi connectivity index (χ1n) is 11.4. The van der Waals surface area contributed by atoms with E-state index in [2.05, 4.69) is 10.2 Å². The molecule has 1 saturated heterocycles. The van der Waals surface area contributed by atoms with Crippen LogP contribution >= 0.6 is 0 Å². The molecular formula is C24H32N4O4S. The predicted molar refractivity (Wildman–Crippen MR) is 129 cm³/mol. The number of carbonyl (C=O) groups is 1. The molecule has 1 fully saturated rings. The first-order valence-corrected chi connectivity index (χ1v) is 13.1. The van der Waals surface area contributed by atoms with E-state index < -0.39 is 10.0 Å². The molecular weight excluding hydrogens is 440 g/mol. The van der Waals surface area contributed by atoms with Gasteiger partial charge in [0.15, 0.2) is 0 Å². The Bertz CT molecular complexity index is 1100. The van der Waals surface area contributed by atoms with Gasteiger partial charge in [-0.25, -0.2) is 13.6 Å². The third-order valence-electron chi connectivity index (χ3n) is 6.19. The minimum absolute atomic E-state index is 0.183. The standard InChI is InChI=1S/C24H32N4O4S/c1-27-23(26-22-10-9-18(17-33(25,30)31)15-21(22)24(27)29)19-7-5-8-20(16-19)32-14-6-13-28-11-3-2-4-12-28/h5,7-10,15-16,23,26H,2-4,6,11-14,17H2,1H3,(H2,25,30,31). The van der Waals surface area contributed by atoms with Crippen LogP contribution in [0.5, 0.6) is 5.75 Å². The predicted octanol–water partition coefficient (Wildman–Crippen LogP) is 2.93. The Kier molecular flexibility index (Phi) is 7.21. The molecule has 33 heavy (non-hydrogen) atoms. The number of fused-ring (bicyclic) bond motifs is 1. The van der Waals surface area contributed by atoms with Crippen LogP contribution in [0.4, 0.5) is 5.69 Å². The summed E-state index contributed by atoms with van der Waals surface area (Å²) in [5, 5.41) is 8.53. The number of rotatable bonds is 8. The van der Waals surface area contributed by atoms with Crippen LogP contribution in [0.2, 0.25) is 0 Å². The molecule has 0 spiro atoms. The maximum Gasteiger partial charge on any atom is 0.257 e. The number of primary sulfonamides is 1. The molecule has 2 aliphatic rings. The second kappa shape index (κ2) is 10.1. The van der Waals surface area contributed by atoms with Crippen LogP contribution in [0.1, 0.15) is 53.3 Å². The lowest BCUT2D eigenvalue weighted by Gasteiger charge is -2.36. The number of nitrogens with two attached hydrogens (primary N) is 1. The normalized spacial score (nSPS) is 19.2. The topological polar surface area (TPSA) is 105 Å². The van der Waals surface area contributed by atoms with Crippen LogP contribution in [0.3, 0.4) is 0 Å². The molecule has 178 valence electrons. The lowest BCUT2D eigenvalue weighted by molar-refractivity contribution is 0.0735. The SMILES string of the molecule is CN1C(=O)c2cc(CS(N)(=O)=O)ccc2NC1c1cccc(OCCCN2CCCCC2)c1. The Morgan fingerprint density at radius 2 is 1.91 bits per heavy atom. The molecule has 8 nitrogen and oxygen atoms in total. The lowest BCUT2D eigenvalue weighted by Crippen LogP contribution is -2.40. The van der Waals surface area contributed by atoms with E-state index in [1.807, 2.05) is 24.3 Å². The van der Waals surface area contributed by atoms with Gasteiger partial charge in [0.05, 0.1) is 17.9 Å². The Hall–Kier alpha value is -2.62. The molecule has 9 heteroatoms. The molecule has 2 aromatic rings. The minimum atomic E-state index is -3.67. The van der Waals surface area contributed by atoms with Crippen LogP contribution < -0.4 is 15.2 Å². The third kappa shape index (κ3) is 6.04. The van der Waals surface area contributed by atoms with E-state index in [0.717, 1.165) is 24.3 Å². The van der Waals surface area contributed by atoms with E-state index in [-0.39, 0.29) is 17.8 Å². The summed E-state index contributed by atoms with van der Waals surface area (Å²) < 4.78 is 28.8. The molecule has 2 aromatic carbocycles. The zero-order chi connectivity index (χ0) is 23.4. The van der Waals surface area contributed by atoms with Gasteiger partial charge in [-0.2, -0.15) is 0 Å². The van der Waals surface area contributed by atoms with Crippen molar-refractivity contribution in [3.8, 4) is 5.75 Å². The van der Waals surface area contributed by atoms with E-state index in [1.165, 1.54) is 32.4 Å². The van der Waals surface area contributed by atoms with Crippen LogP contribution in [0.15, 0.2) is 42.5 Å². The monoisotopic (exact) mass is 472 g/mol. The zero-order valence-electron chi connectivity index (χ0n) is 19.0. The van der Waals surface area contributed by atoms with Crippen LogP contribution in [-0.2, 0) is 15.8 Å². The van der Waals surface area contributed by atoms with Crippen molar-refractivity contribution in [2.75, 3.05) is 38.6 Å². The molecule has 1 unspecified atom stereocenters. The van der Waals surface area contributed by atoms with E-state index >= 15 is 0 Å². The van der Waals surface area contributed by atoms with Crippen molar-refractivity contribution in [2.45, 2.75) is 37.6 Å². The maximum atomic E-state index is 13.0. The second-order valence-corrected chi connectivity index (χ2v) is 10.4. The largest absolute Gasteiger partial charge is 0.494 e. The summed E-state index contributed by atoms with van der Waals surface area (Å²) in [6, 6.07) is 12.8. The summed E-state index contributed by atoms with van der Waals surface area (Å²) in [7, 11) is -1.95. The van der Waals surface area contributed by atoms with E-state index in [9.17, 15) is 13.2 Å². The van der Waals surface area contributed by atoms with Crippen molar-refractivity contribution < 1.29 is 17.9 Å². The average Bonchev–Trinajstić information content (AvgIpc) is 2.79. The van der Waals surface area contributed by atoms with E-state index in [0.29, 0.717) is 23.4 Å². The smallest absolute Gasteiger partial charge is 0.257 e. The van der Waals surface area contributed by atoms with Crippen LogP contribution in [0.25, 0.3) is 0 Å². The zero-order valence-corrected chi connectivity index (χ0v) is 19.8. The molecule has 0 bridgehead atoms. The van der Waals surface area contributed by atoms with Gasteiger partial charge in [0.1, 0.15) is 11.9 Å². The van der Waals surface area contributed by atoms with Crippen molar-refractivity contribution in [1.29, 1.82) is 0 Å². The number of sulfonamides is 1. The second-order valence-electron chi connectivity index (χ2n) is 8.83. The Morgan fingerprint density at radius 1 is 1.12 bits per heavy atom. The highest BCUT2D eigenvalue weighted by molar-refractivity contribution is 7.88. The number of nitrogens with one attached hydrogen (secondary N) is 1. The highest BCUT2D eigenvalue weighted by atomic mass is 32.2. The Labute approximate surface area is 195 Å². The lowest BCUT2D eigenvalue weighted by atomic mass is 10.0. The van der Waals surface area contributed by atoms with Gasteiger partial charge >= 0.3 is 0 Å². The first kappa shape index (κ1) is 23.5.